The predicted octanol–water partition coefficient (Wildman–Crippen LogP) is 2.90. The number of aromatic nitrogens is 1. The van der Waals surface area contributed by atoms with Crippen molar-refractivity contribution in [2.75, 3.05) is 0 Å². The molecule has 0 aliphatic carbocycles. The highest BCUT2D eigenvalue weighted by atomic mass is 32.1. The van der Waals surface area contributed by atoms with Gasteiger partial charge in [-0.05, 0) is 23.1 Å². The van der Waals surface area contributed by atoms with E-state index in [2.05, 4.69) is 32.9 Å². The zero-order chi connectivity index (χ0) is 11.2. The molecule has 3 heteroatoms. The van der Waals surface area contributed by atoms with Crippen molar-refractivity contribution in [1.82, 2.24) is 4.57 Å². The summed E-state index contributed by atoms with van der Waals surface area (Å²) < 4.78 is 2.78. The van der Waals surface area contributed by atoms with E-state index in [1.165, 1.54) is 16.9 Å². The summed E-state index contributed by atoms with van der Waals surface area (Å²) in [4.78, 5) is 11.6. The van der Waals surface area contributed by atoms with Crippen molar-refractivity contribution in [3.05, 3.63) is 33.4 Å². The van der Waals surface area contributed by atoms with Crippen LogP contribution in [0.15, 0.2) is 23.0 Å². The van der Waals surface area contributed by atoms with Crippen molar-refractivity contribution in [2.45, 2.75) is 26.2 Å². The van der Waals surface area contributed by atoms with Crippen LogP contribution in [0.5, 0.6) is 0 Å². The second-order valence-corrected chi connectivity index (χ2v) is 5.85. The number of aryl methyl sites for hydroxylation is 1. The highest BCUT2D eigenvalue weighted by Gasteiger charge is 2.15. The lowest BCUT2D eigenvalue weighted by Gasteiger charge is -2.18. The van der Waals surface area contributed by atoms with Crippen LogP contribution in [0.1, 0.15) is 26.3 Å². The third-order valence-electron chi connectivity index (χ3n) is 2.66. The number of fused-ring (bicyclic) bond motifs is 1. The van der Waals surface area contributed by atoms with Crippen molar-refractivity contribution >= 4 is 21.6 Å². The van der Waals surface area contributed by atoms with Crippen LogP contribution in [-0.4, -0.2) is 4.57 Å². The van der Waals surface area contributed by atoms with Crippen LogP contribution >= 0.6 is 11.3 Å². The molecule has 0 atom stereocenters. The molecule has 0 amide bonds. The zero-order valence-electron chi connectivity index (χ0n) is 9.50. The monoisotopic (exact) mass is 221 g/mol. The van der Waals surface area contributed by atoms with Gasteiger partial charge in [-0.1, -0.05) is 38.2 Å². The summed E-state index contributed by atoms with van der Waals surface area (Å²) in [6.07, 6.45) is 0. The fourth-order valence-corrected chi connectivity index (χ4v) is 2.45. The molecule has 0 aliphatic heterocycles. The van der Waals surface area contributed by atoms with E-state index >= 15 is 0 Å². The van der Waals surface area contributed by atoms with E-state index in [0.29, 0.717) is 0 Å². The predicted molar refractivity (Wildman–Crippen MR) is 65.8 cm³/mol. The Morgan fingerprint density at radius 3 is 2.53 bits per heavy atom. The highest BCUT2D eigenvalue weighted by Crippen LogP contribution is 2.26. The third-order valence-corrected chi connectivity index (χ3v) is 3.67. The fourth-order valence-electron chi connectivity index (χ4n) is 1.59. The quantitative estimate of drug-likeness (QED) is 0.670. The summed E-state index contributed by atoms with van der Waals surface area (Å²) in [5.41, 5.74) is 2.44. The molecule has 1 heterocycles. The summed E-state index contributed by atoms with van der Waals surface area (Å²) in [6, 6.07) is 6.27. The second kappa shape index (κ2) is 3.20. The number of nitrogens with zero attached hydrogens (tertiary/aromatic N) is 1. The first kappa shape index (κ1) is 10.4. The van der Waals surface area contributed by atoms with Crippen molar-refractivity contribution < 1.29 is 0 Å². The van der Waals surface area contributed by atoms with Gasteiger partial charge in [0.2, 0.25) is 0 Å². The van der Waals surface area contributed by atoms with Crippen molar-refractivity contribution in [3.63, 3.8) is 0 Å². The number of hydrogen-bond donors (Lipinski definition) is 0. The van der Waals surface area contributed by atoms with E-state index in [1.54, 1.807) is 4.57 Å². The molecule has 0 aliphatic rings. The van der Waals surface area contributed by atoms with Crippen molar-refractivity contribution in [1.29, 1.82) is 0 Å². The molecule has 0 saturated heterocycles. The summed E-state index contributed by atoms with van der Waals surface area (Å²) in [5, 5.41) is 0. The van der Waals surface area contributed by atoms with Crippen LogP contribution in [0.2, 0.25) is 0 Å². The van der Waals surface area contributed by atoms with Gasteiger partial charge in [-0.15, -0.1) is 0 Å². The molecule has 0 spiro atoms. The molecule has 0 unspecified atom stereocenters. The first-order valence-electron chi connectivity index (χ1n) is 4.99. The van der Waals surface area contributed by atoms with Gasteiger partial charge < -0.3 is 4.57 Å². The van der Waals surface area contributed by atoms with Gasteiger partial charge in [-0.2, -0.15) is 0 Å². The number of thiazole rings is 1. The topological polar surface area (TPSA) is 22.0 Å². The van der Waals surface area contributed by atoms with E-state index in [0.717, 1.165) is 10.2 Å². The van der Waals surface area contributed by atoms with Crippen LogP contribution in [0.25, 0.3) is 10.2 Å². The molecule has 15 heavy (non-hydrogen) atoms. The summed E-state index contributed by atoms with van der Waals surface area (Å²) >= 11 is 1.31. The van der Waals surface area contributed by atoms with E-state index in [1.807, 2.05) is 13.1 Å². The molecule has 0 fully saturated rings. The molecular formula is C12H15NOS. The lowest BCUT2D eigenvalue weighted by molar-refractivity contribution is 0.591. The number of hydrogen-bond acceptors (Lipinski definition) is 2. The standard InChI is InChI=1S/C12H15NOS/c1-12(2,3)8-5-6-10-9(7-8)13(4)11(14)15-10/h5-7H,1-4H3. The molecule has 1 aromatic carbocycles. The maximum Gasteiger partial charge on any atom is 0.307 e. The van der Waals surface area contributed by atoms with Crippen LogP contribution in [-0.2, 0) is 12.5 Å². The van der Waals surface area contributed by atoms with Gasteiger partial charge in [0.05, 0.1) is 10.2 Å². The molecule has 2 aromatic rings. The number of benzene rings is 1. The molecule has 0 saturated carbocycles. The Hall–Kier alpha value is -1.09. The Morgan fingerprint density at radius 1 is 1.27 bits per heavy atom. The smallest absolute Gasteiger partial charge is 0.302 e. The Kier molecular flexibility index (Phi) is 2.23. The van der Waals surface area contributed by atoms with E-state index < -0.39 is 0 Å². The Balaban J connectivity index is 2.75. The summed E-state index contributed by atoms with van der Waals surface area (Å²) in [6.45, 7) is 6.54. The maximum absolute atomic E-state index is 11.5. The lowest BCUT2D eigenvalue weighted by Crippen LogP contribution is -2.11. The largest absolute Gasteiger partial charge is 0.307 e. The number of rotatable bonds is 0. The summed E-state index contributed by atoms with van der Waals surface area (Å²) in [7, 11) is 1.83. The van der Waals surface area contributed by atoms with Gasteiger partial charge in [-0.3, -0.25) is 4.79 Å². The van der Waals surface area contributed by atoms with Gasteiger partial charge in [0.1, 0.15) is 0 Å². The minimum absolute atomic E-state index is 0.107. The van der Waals surface area contributed by atoms with Crippen LogP contribution in [0, 0.1) is 0 Å². The lowest BCUT2D eigenvalue weighted by atomic mass is 9.87. The first-order valence-corrected chi connectivity index (χ1v) is 5.81. The minimum atomic E-state index is 0.107. The Labute approximate surface area is 93.2 Å². The first-order chi connectivity index (χ1) is 6.89. The van der Waals surface area contributed by atoms with Gasteiger partial charge in [0, 0.05) is 7.05 Å². The van der Waals surface area contributed by atoms with Crippen LogP contribution < -0.4 is 4.87 Å². The molecule has 80 valence electrons. The Morgan fingerprint density at radius 2 is 1.93 bits per heavy atom. The van der Waals surface area contributed by atoms with E-state index in [-0.39, 0.29) is 10.3 Å². The third kappa shape index (κ3) is 1.72. The van der Waals surface area contributed by atoms with Gasteiger partial charge in [0.25, 0.3) is 0 Å². The zero-order valence-corrected chi connectivity index (χ0v) is 10.3. The molecular weight excluding hydrogens is 206 g/mol. The van der Waals surface area contributed by atoms with Crippen LogP contribution in [0.3, 0.4) is 0 Å². The second-order valence-electron chi connectivity index (χ2n) is 4.86. The van der Waals surface area contributed by atoms with Gasteiger partial charge in [0.15, 0.2) is 0 Å². The average Bonchev–Trinajstić information content (AvgIpc) is 2.41. The van der Waals surface area contributed by atoms with Gasteiger partial charge in [-0.25, -0.2) is 0 Å². The molecule has 0 radical (unpaired) electrons. The molecule has 0 bridgehead atoms. The van der Waals surface area contributed by atoms with E-state index in [4.69, 9.17) is 0 Å². The van der Waals surface area contributed by atoms with Gasteiger partial charge >= 0.3 is 4.87 Å². The van der Waals surface area contributed by atoms with E-state index in [9.17, 15) is 4.79 Å². The fraction of sp³-hybridized carbons (Fsp3) is 0.417. The maximum atomic E-state index is 11.5. The average molecular weight is 221 g/mol. The van der Waals surface area contributed by atoms with Crippen LogP contribution in [0.4, 0.5) is 0 Å². The summed E-state index contributed by atoms with van der Waals surface area (Å²) in [5.74, 6) is 0. The van der Waals surface area contributed by atoms with Crippen molar-refractivity contribution in [2.24, 2.45) is 7.05 Å². The molecule has 0 N–H and O–H groups in total. The molecule has 2 rings (SSSR count). The SMILES string of the molecule is Cn1c(=O)sc2ccc(C(C)(C)C)cc21. The molecule has 2 nitrogen and oxygen atoms in total. The molecule has 1 aromatic heterocycles. The Bertz CT molecular complexity index is 557. The highest BCUT2D eigenvalue weighted by molar-refractivity contribution is 7.16. The minimum Gasteiger partial charge on any atom is -0.302 e. The van der Waals surface area contributed by atoms with Crippen molar-refractivity contribution in [3.8, 4) is 0 Å². The normalized spacial score (nSPS) is 12.3.